The minimum absolute atomic E-state index is 0.141. The molecule has 0 spiro atoms. The van der Waals surface area contributed by atoms with E-state index in [-0.39, 0.29) is 11.6 Å². The van der Waals surface area contributed by atoms with Crippen LogP contribution in [0.25, 0.3) is 0 Å². The fourth-order valence-corrected chi connectivity index (χ4v) is 2.53. The lowest BCUT2D eigenvalue weighted by molar-refractivity contribution is 0.109. The molecule has 1 N–H and O–H groups in total. The SMILES string of the molecule is CC.CCC1(C)CCN(Cc2cc(O)ccc2F)CC1. The van der Waals surface area contributed by atoms with Crippen molar-refractivity contribution in [2.24, 2.45) is 5.41 Å². The number of piperidine rings is 1. The Kier molecular flexibility index (Phi) is 6.47. The van der Waals surface area contributed by atoms with Crippen LogP contribution >= 0.6 is 0 Å². The number of benzene rings is 1. The Morgan fingerprint density at radius 3 is 2.40 bits per heavy atom. The maximum Gasteiger partial charge on any atom is 0.127 e. The van der Waals surface area contributed by atoms with Crippen molar-refractivity contribution in [2.45, 2.75) is 53.5 Å². The highest BCUT2D eigenvalue weighted by atomic mass is 19.1. The molecule has 1 aliphatic rings. The van der Waals surface area contributed by atoms with E-state index in [0.29, 0.717) is 17.5 Å². The Balaban J connectivity index is 0.000000956. The van der Waals surface area contributed by atoms with Crippen LogP contribution in [0.4, 0.5) is 4.39 Å². The highest BCUT2D eigenvalue weighted by Gasteiger charge is 2.28. The van der Waals surface area contributed by atoms with E-state index in [4.69, 9.17) is 0 Å². The minimum Gasteiger partial charge on any atom is -0.508 e. The van der Waals surface area contributed by atoms with Gasteiger partial charge in [0.1, 0.15) is 11.6 Å². The molecule has 2 rings (SSSR count). The first-order valence-electron chi connectivity index (χ1n) is 7.72. The molecule has 1 aromatic carbocycles. The zero-order valence-electron chi connectivity index (χ0n) is 13.2. The van der Waals surface area contributed by atoms with Crippen molar-refractivity contribution in [2.75, 3.05) is 13.1 Å². The molecule has 0 bridgehead atoms. The average molecular weight is 281 g/mol. The third-order valence-electron chi connectivity index (χ3n) is 4.34. The summed E-state index contributed by atoms with van der Waals surface area (Å²) in [5.41, 5.74) is 1.04. The molecule has 1 aliphatic heterocycles. The van der Waals surface area contributed by atoms with Crippen LogP contribution in [0.2, 0.25) is 0 Å². The molecule has 2 nitrogen and oxygen atoms in total. The van der Waals surface area contributed by atoms with Gasteiger partial charge in [-0.1, -0.05) is 34.1 Å². The molecule has 114 valence electrons. The van der Waals surface area contributed by atoms with Gasteiger partial charge in [0, 0.05) is 12.1 Å². The molecule has 3 heteroatoms. The Morgan fingerprint density at radius 2 is 1.85 bits per heavy atom. The summed E-state index contributed by atoms with van der Waals surface area (Å²) in [7, 11) is 0. The van der Waals surface area contributed by atoms with Crippen LogP contribution in [-0.4, -0.2) is 23.1 Å². The van der Waals surface area contributed by atoms with E-state index in [2.05, 4.69) is 18.7 Å². The lowest BCUT2D eigenvalue weighted by Crippen LogP contribution is -2.38. The lowest BCUT2D eigenvalue weighted by Gasteiger charge is -2.39. The molecule has 0 aromatic heterocycles. The first kappa shape index (κ1) is 17.0. The number of hydrogen-bond donors (Lipinski definition) is 1. The second-order valence-corrected chi connectivity index (χ2v) is 5.72. The Labute approximate surface area is 122 Å². The highest BCUT2D eigenvalue weighted by molar-refractivity contribution is 5.28. The van der Waals surface area contributed by atoms with Gasteiger partial charge >= 0.3 is 0 Å². The van der Waals surface area contributed by atoms with E-state index in [1.54, 1.807) is 0 Å². The van der Waals surface area contributed by atoms with Crippen LogP contribution in [-0.2, 0) is 6.54 Å². The van der Waals surface area contributed by atoms with Crippen molar-refractivity contribution in [3.63, 3.8) is 0 Å². The smallest absolute Gasteiger partial charge is 0.127 e. The molecular formula is C17H28FNO. The predicted octanol–water partition coefficient (Wildman–Crippen LogP) is 4.57. The summed E-state index contributed by atoms with van der Waals surface area (Å²) < 4.78 is 13.6. The second kappa shape index (κ2) is 7.63. The fraction of sp³-hybridized carbons (Fsp3) is 0.647. The van der Waals surface area contributed by atoms with Gasteiger partial charge in [-0.25, -0.2) is 4.39 Å². The summed E-state index contributed by atoms with van der Waals surface area (Å²) in [6.07, 6.45) is 3.55. The first-order valence-corrected chi connectivity index (χ1v) is 7.72. The Bertz CT molecular complexity index is 411. The molecule has 1 saturated heterocycles. The summed E-state index contributed by atoms with van der Waals surface area (Å²) in [5.74, 6) is -0.0848. The van der Waals surface area contributed by atoms with Crippen molar-refractivity contribution in [1.29, 1.82) is 0 Å². The molecule has 0 unspecified atom stereocenters. The lowest BCUT2D eigenvalue weighted by atomic mass is 9.78. The van der Waals surface area contributed by atoms with Crippen LogP contribution in [0.1, 0.15) is 52.5 Å². The van der Waals surface area contributed by atoms with Gasteiger partial charge in [-0.2, -0.15) is 0 Å². The number of phenolic OH excluding ortho intramolecular Hbond substituents is 1. The quantitative estimate of drug-likeness (QED) is 0.877. The minimum atomic E-state index is -0.225. The van der Waals surface area contributed by atoms with Crippen molar-refractivity contribution >= 4 is 0 Å². The first-order chi connectivity index (χ1) is 9.52. The van der Waals surface area contributed by atoms with E-state index >= 15 is 0 Å². The van der Waals surface area contributed by atoms with E-state index in [1.807, 2.05) is 13.8 Å². The number of aromatic hydroxyl groups is 1. The summed E-state index contributed by atoms with van der Waals surface area (Å²) in [6.45, 7) is 11.2. The average Bonchev–Trinajstić information content (AvgIpc) is 2.48. The third-order valence-corrected chi connectivity index (χ3v) is 4.34. The van der Waals surface area contributed by atoms with Crippen molar-refractivity contribution < 1.29 is 9.50 Å². The monoisotopic (exact) mass is 281 g/mol. The normalized spacial score (nSPS) is 18.2. The number of nitrogens with zero attached hydrogens (tertiary/aromatic N) is 1. The van der Waals surface area contributed by atoms with E-state index < -0.39 is 0 Å². The zero-order valence-corrected chi connectivity index (χ0v) is 13.2. The number of rotatable bonds is 3. The fourth-order valence-electron chi connectivity index (χ4n) is 2.53. The molecule has 20 heavy (non-hydrogen) atoms. The third kappa shape index (κ3) is 4.48. The van der Waals surface area contributed by atoms with Gasteiger partial charge in [-0.05, 0) is 49.5 Å². The van der Waals surface area contributed by atoms with E-state index in [9.17, 15) is 9.50 Å². The maximum absolute atomic E-state index is 13.6. The number of halogens is 1. The summed E-state index contributed by atoms with van der Waals surface area (Å²) in [4.78, 5) is 2.27. The van der Waals surface area contributed by atoms with Crippen LogP contribution in [0, 0.1) is 11.2 Å². The highest BCUT2D eigenvalue weighted by Crippen LogP contribution is 2.34. The molecule has 1 aromatic rings. The van der Waals surface area contributed by atoms with Crippen LogP contribution < -0.4 is 0 Å². The maximum atomic E-state index is 13.6. The van der Waals surface area contributed by atoms with E-state index in [0.717, 1.165) is 13.1 Å². The van der Waals surface area contributed by atoms with Gasteiger partial charge in [0.2, 0.25) is 0 Å². The van der Waals surface area contributed by atoms with Gasteiger partial charge in [-0.15, -0.1) is 0 Å². The molecule has 1 fully saturated rings. The number of hydrogen-bond acceptors (Lipinski definition) is 2. The standard InChI is InChI=1S/C15H22FNO.C2H6/c1-3-15(2)6-8-17(9-7-15)11-12-10-13(18)4-5-14(12)16;1-2/h4-5,10,18H,3,6-9,11H2,1-2H3;1-2H3. The Morgan fingerprint density at radius 1 is 1.25 bits per heavy atom. The topological polar surface area (TPSA) is 23.5 Å². The van der Waals surface area contributed by atoms with Crippen molar-refractivity contribution in [1.82, 2.24) is 4.90 Å². The molecular weight excluding hydrogens is 253 g/mol. The molecule has 0 radical (unpaired) electrons. The van der Waals surface area contributed by atoms with Gasteiger partial charge in [0.15, 0.2) is 0 Å². The predicted molar refractivity (Wildman–Crippen MR) is 82.3 cm³/mol. The van der Waals surface area contributed by atoms with Crippen LogP contribution in [0.5, 0.6) is 5.75 Å². The molecule has 1 heterocycles. The number of phenols is 1. The van der Waals surface area contributed by atoms with Gasteiger partial charge in [0.25, 0.3) is 0 Å². The van der Waals surface area contributed by atoms with Gasteiger partial charge < -0.3 is 5.11 Å². The van der Waals surface area contributed by atoms with Crippen molar-refractivity contribution in [3.05, 3.63) is 29.6 Å². The summed E-state index contributed by atoms with van der Waals surface area (Å²) >= 11 is 0. The summed E-state index contributed by atoms with van der Waals surface area (Å²) in [5, 5.41) is 9.40. The molecule has 0 aliphatic carbocycles. The largest absolute Gasteiger partial charge is 0.508 e. The number of likely N-dealkylation sites (tertiary alicyclic amines) is 1. The summed E-state index contributed by atoms with van der Waals surface area (Å²) in [6, 6.07) is 4.26. The van der Waals surface area contributed by atoms with Crippen LogP contribution in [0.15, 0.2) is 18.2 Å². The second-order valence-electron chi connectivity index (χ2n) is 5.72. The zero-order chi connectivity index (χ0) is 15.2. The van der Waals surface area contributed by atoms with Gasteiger partial charge in [0.05, 0.1) is 0 Å². The molecule has 0 amide bonds. The van der Waals surface area contributed by atoms with E-state index in [1.165, 1.54) is 37.5 Å². The molecule has 0 saturated carbocycles. The van der Waals surface area contributed by atoms with Gasteiger partial charge in [-0.3, -0.25) is 4.90 Å². The molecule has 0 atom stereocenters. The van der Waals surface area contributed by atoms with Crippen LogP contribution in [0.3, 0.4) is 0 Å². The van der Waals surface area contributed by atoms with Crippen molar-refractivity contribution in [3.8, 4) is 5.75 Å². The Hall–Kier alpha value is -1.09.